The topological polar surface area (TPSA) is 96.7 Å². The van der Waals surface area contributed by atoms with E-state index in [1.165, 1.54) is 6.20 Å². The van der Waals surface area contributed by atoms with Crippen molar-refractivity contribution in [3.8, 4) is 0 Å². The molecule has 1 amide bonds. The number of nitrogens with one attached hydrogen (secondary N) is 2. The predicted molar refractivity (Wildman–Crippen MR) is 45.6 cm³/mol. The van der Waals surface area contributed by atoms with Crippen LogP contribution in [0.1, 0.15) is 16.2 Å². The van der Waals surface area contributed by atoms with Gasteiger partial charge in [0, 0.05) is 6.07 Å². The first-order valence-electron chi connectivity index (χ1n) is 3.86. The highest BCUT2D eigenvalue weighted by Gasteiger charge is 2.10. The zero-order chi connectivity index (χ0) is 9.97. The smallest absolute Gasteiger partial charge is 0.279 e. The number of hydrogen-bond acceptors (Lipinski definition) is 5. The lowest BCUT2D eigenvalue weighted by Crippen LogP contribution is -2.12. The highest BCUT2D eigenvalue weighted by molar-refractivity contribution is 6.01. The highest BCUT2D eigenvalue weighted by atomic mass is 16.5. The van der Waals surface area contributed by atoms with Crippen LogP contribution in [0.2, 0.25) is 0 Å². The van der Waals surface area contributed by atoms with Gasteiger partial charge in [-0.1, -0.05) is 5.16 Å². The van der Waals surface area contributed by atoms with Gasteiger partial charge in [-0.05, 0) is 6.92 Å². The second kappa shape index (κ2) is 3.29. The third-order valence-corrected chi connectivity index (χ3v) is 1.52. The summed E-state index contributed by atoms with van der Waals surface area (Å²) in [5.41, 5.74) is 0.200. The van der Waals surface area contributed by atoms with Crippen molar-refractivity contribution in [2.45, 2.75) is 6.92 Å². The van der Waals surface area contributed by atoms with Gasteiger partial charge in [-0.3, -0.25) is 4.79 Å². The Morgan fingerprint density at radius 3 is 3.07 bits per heavy atom. The van der Waals surface area contributed by atoms with Crippen molar-refractivity contribution >= 4 is 11.7 Å². The molecular weight excluding hydrogens is 186 g/mol. The first kappa shape index (κ1) is 8.42. The number of aryl methyl sites for hydroxylation is 1. The first-order chi connectivity index (χ1) is 6.75. The van der Waals surface area contributed by atoms with E-state index in [0.29, 0.717) is 11.6 Å². The van der Waals surface area contributed by atoms with Crippen molar-refractivity contribution in [2.75, 3.05) is 5.32 Å². The lowest BCUT2D eigenvalue weighted by molar-refractivity contribution is 0.102. The quantitative estimate of drug-likeness (QED) is 0.717. The molecule has 2 aromatic rings. The van der Waals surface area contributed by atoms with Crippen molar-refractivity contribution in [3.05, 3.63) is 23.7 Å². The van der Waals surface area contributed by atoms with Crippen molar-refractivity contribution in [2.24, 2.45) is 0 Å². The molecule has 7 nitrogen and oxygen atoms in total. The van der Waals surface area contributed by atoms with Gasteiger partial charge in [-0.25, -0.2) is 0 Å². The molecule has 72 valence electrons. The average molecular weight is 193 g/mol. The molecule has 0 atom stereocenters. The number of carbonyl (C=O) groups is 1. The second-order valence-corrected chi connectivity index (χ2v) is 2.63. The Labute approximate surface area is 78.5 Å². The number of H-pyrrole nitrogens is 1. The number of nitrogens with zero attached hydrogens (tertiary/aromatic N) is 3. The molecule has 0 radical (unpaired) electrons. The summed E-state index contributed by atoms with van der Waals surface area (Å²) in [5, 5.41) is 15.6. The van der Waals surface area contributed by atoms with E-state index in [-0.39, 0.29) is 11.6 Å². The number of aromatic nitrogens is 4. The zero-order valence-electron chi connectivity index (χ0n) is 7.31. The van der Waals surface area contributed by atoms with Gasteiger partial charge in [-0.2, -0.15) is 15.4 Å². The molecule has 0 spiro atoms. The van der Waals surface area contributed by atoms with E-state index in [2.05, 4.69) is 25.9 Å². The summed E-state index contributed by atoms with van der Waals surface area (Å²) < 4.78 is 4.77. The molecule has 0 aliphatic rings. The van der Waals surface area contributed by atoms with Crippen LogP contribution < -0.4 is 5.32 Å². The third kappa shape index (κ3) is 1.60. The van der Waals surface area contributed by atoms with E-state index in [9.17, 15) is 4.79 Å². The Hall–Kier alpha value is -2.18. The van der Waals surface area contributed by atoms with Crippen molar-refractivity contribution < 1.29 is 9.32 Å². The molecule has 2 N–H and O–H groups in total. The Morgan fingerprint density at radius 1 is 1.64 bits per heavy atom. The average Bonchev–Trinajstić information content (AvgIpc) is 2.75. The molecule has 0 aliphatic heterocycles. The van der Waals surface area contributed by atoms with Crippen LogP contribution >= 0.6 is 0 Å². The number of hydrogen-bond donors (Lipinski definition) is 2. The minimum Gasteiger partial charge on any atom is -0.360 e. The number of rotatable bonds is 2. The van der Waals surface area contributed by atoms with E-state index in [4.69, 9.17) is 4.52 Å². The van der Waals surface area contributed by atoms with E-state index < -0.39 is 0 Å². The van der Waals surface area contributed by atoms with E-state index in [0.717, 1.165) is 0 Å². The van der Waals surface area contributed by atoms with E-state index in [1.807, 2.05) is 0 Å². The fraction of sp³-hybridized carbons (Fsp3) is 0.143. The molecule has 0 fully saturated rings. The van der Waals surface area contributed by atoms with Crippen LogP contribution in [0.5, 0.6) is 0 Å². The lowest BCUT2D eigenvalue weighted by Gasteiger charge is -1.94. The maximum atomic E-state index is 11.4. The zero-order valence-corrected chi connectivity index (χ0v) is 7.31. The maximum absolute atomic E-state index is 11.4. The van der Waals surface area contributed by atoms with Crippen LogP contribution in [0.3, 0.4) is 0 Å². The number of anilines is 1. The third-order valence-electron chi connectivity index (χ3n) is 1.52. The van der Waals surface area contributed by atoms with Gasteiger partial charge in [0.1, 0.15) is 5.76 Å². The van der Waals surface area contributed by atoms with Crippen molar-refractivity contribution in [1.29, 1.82) is 0 Å². The summed E-state index contributed by atoms with van der Waals surface area (Å²) in [6.07, 6.45) is 1.32. The fourth-order valence-electron chi connectivity index (χ4n) is 0.917. The summed E-state index contributed by atoms with van der Waals surface area (Å²) in [7, 11) is 0. The largest absolute Gasteiger partial charge is 0.360 e. The Bertz CT molecular complexity index is 433. The minimum absolute atomic E-state index is 0.200. The predicted octanol–water partition coefficient (Wildman–Crippen LogP) is 0.353. The van der Waals surface area contributed by atoms with Crippen LogP contribution in [-0.2, 0) is 0 Å². The molecule has 2 heterocycles. The van der Waals surface area contributed by atoms with Gasteiger partial charge < -0.3 is 9.84 Å². The number of amides is 1. The lowest BCUT2D eigenvalue weighted by atomic mass is 10.4. The number of aromatic amines is 1. The highest BCUT2D eigenvalue weighted by Crippen LogP contribution is 2.07. The Kier molecular flexibility index (Phi) is 1.98. The summed E-state index contributed by atoms with van der Waals surface area (Å²) in [6.45, 7) is 1.73. The van der Waals surface area contributed by atoms with Gasteiger partial charge in [-0.15, -0.1) is 0 Å². The molecule has 7 heteroatoms. The van der Waals surface area contributed by atoms with Crippen LogP contribution in [0, 0.1) is 6.92 Å². The fourth-order valence-corrected chi connectivity index (χ4v) is 0.917. The normalized spacial score (nSPS) is 10.1. The first-order valence-corrected chi connectivity index (χ1v) is 3.86. The van der Waals surface area contributed by atoms with E-state index in [1.54, 1.807) is 13.0 Å². The van der Waals surface area contributed by atoms with Crippen LogP contribution in [-0.4, -0.2) is 26.5 Å². The number of carbonyl (C=O) groups excluding carboxylic acids is 1. The molecule has 14 heavy (non-hydrogen) atoms. The van der Waals surface area contributed by atoms with Gasteiger partial charge in [0.2, 0.25) is 0 Å². The summed E-state index contributed by atoms with van der Waals surface area (Å²) >= 11 is 0. The van der Waals surface area contributed by atoms with Crippen LogP contribution in [0.25, 0.3) is 0 Å². The molecular formula is C7H7N5O2. The van der Waals surface area contributed by atoms with Crippen molar-refractivity contribution in [3.63, 3.8) is 0 Å². The van der Waals surface area contributed by atoms with Gasteiger partial charge in [0.15, 0.2) is 11.5 Å². The maximum Gasteiger partial charge on any atom is 0.279 e. The molecule has 2 aromatic heterocycles. The summed E-state index contributed by atoms with van der Waals surface area (Å²) in [6, 6.07) is 1.61. The summed E-state index contributed by atoms with van der Waals surface area (Å²) in [4.78, 5) is 11.4. The molecule has 0 saturated heterocycles. The standard InChI is InChI=1S/C7H7N5O2/c1-4-2-6(11-14-4)9-7(13)5-3-8-12-10-5/h2-3H,1H3,(H,8,10,12)(H,9,11,13). The molecule has 0 bridgehead atoms. The molecule has 2 rings (SSSR count). The van der Waals surface area contributed by atoms with Gasteiger partial charge in [0.25, 0.3) is 5.91 Å². The molecule has 0 aromatic carbocycles. The molecule has 0 saturated carbocycles. The van der Waals surface area contributed by atoms with Crippen molar-refractivity contribution in [1.82, 2.24) is 20.6 Å². The SMILES string of the molecule is Cc1cc(NC(=O)c2cn[nH]n2)no1. The molecule has 0 unspecified atom stereocenters. The second-order valence-electron chi connectivity index (χ2n) is 2.63. The minimum atomic E-state index is -0.382. The molecule has 0 aliphatic carbocycles. The monoisotopic (exact) mass is 193 g/mol. The van der Waals surface area contributed by atoms with Gasteiger partial charge >= 0.3 is 0 Å². The summed E-state index contributed by atoms with van der Waals surface area (Å²) in [5.74, 6) is 0.600. The van der Waals surface area contributed by atoms with E-state index >= 15 is 0 Å². The van der Waals surface area contributed by atoms with Crippen LogP contribution in [0.15, 0.2) is 16.8 Å². The van der Waals surface area contributed by atoms with Crippen LogP contribution in [0.4, 0.5) is 5.82 Å². The van der Waals surface area contributed by atoms with Gasteiger partial charge in [0.05, 0.1) is 6.20 Å². The Balaban J connectivity index is 2.09. The Morgan fingerprint density at radius 2 is 2.50 bits per heavy atom.